The molecule has 0 radical (unpaired) electrons. The van der Waals surface area contributed by atoms with Crippen LogP contribution in [0.3, 0.4) is 0 Å². The van der Waals surface area contributed by atoms with Crippen molar-refractivity contribution in [2.75, 3.05) is 0 Å². The van der Waals surface area contributed by atoms with Gasteiger partial charge < -0.3 is 4.42 Å². The second-order valence-electron chi connectivity index (χ2n) is 5.78. The second-order valence-corrected chi connectivity index (χ2v) is 7.50. The van der Waals surface area contributed by atoms with Gasteiger partial charge in [-0.15, -0.1) is 5.10 Å². The zero-order valence-electron chi connectivity index (χ0n) is 13.8. The SMILES string of the molecule is CC(NS(=O)(=O)c1cccc(-n2cnnn2)c1)c1cc2ccccc2o1. The molecule has 132 valence electrons. The van der Waals surface area contributed by atoms with Gasteiger partial charge in [0, 0.05) is 5.39 Å². The minimum Gasteiger partial charge on any atom is -0.459 e. The molecule has 0 aliphatic carbocycles. The van der Waals surface area contributed by atoms with Gasteiger partial charge in [-0.2, -0.15) is 0 Å². The molecule has 1 N–H and O–H groups in total. The molecular weight excluding hydrogens is 354 g/mol. The van der Waals surface area contributed by atoms with Gasteiger partial charge in [-0.3, -0.25) is 0 Å². The van der Waals surface area contributed by atoms with Crippen molar-refractivity contribution in [1.82, 2.24) is 24.9 Å². The number of tetrazole rings is 1. The van der Waals surface area contributed by atoms with Gasteiger partial charge in [0.2, 0.25) is 10.0 Å². The van der Waals surface area contributed by atoms with E-state index < -0.39 is 16.1 Å². The third-order valence-corrected chi connectivity index (χ3v) is 5.48. The molecular formula is C17H15N5O3S. The minimum atomic E-state index is -3.75. The van der Waals surface area contributed by atoms with Gasteiger partial charge in [-0.1, -0.05) is 24.3 Å². The first-order valence-electron chi connectivity index (χ1n) is 7.87. The lowest BCUT2D eigenvalue weighted by Gasteiger charge is -2.12. The quantitative estimate of drug-likeness (QED) is 0.580. The highest BCUT2D eigenvalue weighted by Gasteiger charge is 2.21. The summed E-state index contributed by atoms with van der Waals surface area (Å²) in [5.41, 5.74) is 1.27. The fourth-order valence-electron chi connectivity index (χ4n) is 2.65. The summed E-state index contributed by atoms with van der Waals surface area (Å²) < 4.78 is 35.2. The summed E-state index contributed by atoms with van der Waals surface area (Å²) >= 11 is 0. The lowest BCUT2D eigenvalue weighted by molar-refractivity contribution is 0.484. The second kappa shape index (κ2) is 6.36. The van der Waals surface area contributed by atoms with Crippen molar-refractivity contribution in [1.29, 1.82) is 0 Å². The maximum Gasteiger partial charge on any atom is 0.241 e. The fraction of sp³-hybridized carbons (Fsp3) is 0.118. The van der Waals surface area contributed by atoms with Gasteiger partial charge in [0.25, 0.3) is 0 Å². The van der Waals surface area contributed by atoms with Gasteiger partial charge in [-0.05, 0) is 47.7 Å². The number of furan rings is 1. The van der Waals surface area contributed by atoms with Gasteiger partial charge in [-0.25, -0.2) is 17.8 Å². The smallest absolute Gasteiger partial charge is 0.241 e. The molecule has 0 fully saturated rings. The van der Waals surface area contributed by atoms with E-state index in [9.17, 15) is 8.42 Å². The number of fused-ring (bicyclic) bond motifs is 1. The summed E-state index contributed by atoms with van der Waals surface area (Å²) in [4.78, 5) is 0.119. The summed E-state index contributed by atoms with van der Waals surface area (Å²) in [7, 11) is -3.75. The van der Waals surface area contributed by atoms with E-state index in [-0.39, 0.29) is 4.90 Å². The highest BCUT2D eigenvalue weighted by atomic mass is 32.2. The Balaban J connectivity index is 1.61. The Kier molecular flexibility index (Phi) is 4.02. The van der Waals surface area contributed by atoms with Crippen LogP contribution in [-0.2, 0) is 10.0 Å². The summed E-state index contributed by atoms with van der Waals surface area (Å²) in [6.45, 7) is 1.74. The van der Waals surface area contributed by atoms with Crippen molar-refractivity contribution in [2.24, 2.45) is 0 Å². The number of hydrogen-bond donors (Lipinski definition) is 1. The first kappa shape index (κ1) is 16.4. The van der Waals surface area contributed by atoms with Crippen LogP contribution in [0.1, 0.15) is 18.7 Å². The molecule has 4 rings (SSSR count). The van der Waals surface area contributed by atoms with E-state index in [0.29, 0.717) is 17.0 Å². The van der Waals surface area contributed by atoms with E-state index in [1.165, 1.54) is 23.1 Å². The van der Waals surface area contributed by atoms with E-state index in [4.69, 9.17) is 4.42 Å². The molecule has 26 heavy (non-hydrogen) atoms. The fourth-order valence-corrected chi connectivity index (χ4v) is 3.90. The summed E-state index contributed by atoms with van der Waals surface area (Å²) in [6.07, 6.45) is 1.40. The molecule has 1 unspecified atom stereocenters. The zero-order chi connectivity index (χ0) is 18.1. The summed E-state index contributed by atoms with van der Waals surface area (Å²) in [5.74, 6) is 0.548. The first-order chi connectivity index (χ1) is 12.5. The highest BCUT2D eigenvalue weighted by molar-refractivity contribution is 7.89. The predicted molar refractivity (Wildman–Crippen MR) is 94.1 cm³/mol. The Morgan fingerprint density at radius 1 is 1.12 bits per heavy atom. The van der Waals surface area contributed by atoms with Crippen molar-refractivity contribution in [3.63, 3.8) is 0 Å². The van der Waals surface area contributed by atoms with Gasteiger partial charge >= 0.3 is 0 Å². The van der Waals surface area contributed by atoms with E-state index in [1.807, 2.05) is 30.3 Å². The lowest BCUT2D eigenvalue weighted by atomic mass is 10.2. The van der Waals surface area contributed by atoms with Crippen molar-refractivity contribution in [3.8, 4) is 5.69 Å². The number of aromatic nitrogens is 4. The molecule has 0 bridgehead atoms. The van der Waals surface area contributed by atoms with Crippen LogP contribution >= 0.6 is 0 Å². The van der Waals surface area contributed by atoms with Crippen molar-refractivity contribution in [2.45, 2.75) is 17.9 Å². The van der Waals surface area contributed by atoms with Crippen molar-refractivity contribution < 1.29 is 12.8 Å². The van der Waals surface area contributed by atoms with Crippen molar-refractivity contribution in [3.05, 3.63) is 66.7 Å². The molecule has 8 nitrogen and oxygen atoms in total. The molecule has 0 saturated carbocycles. The Morgan fingerprint density at radius 3 is 2.73 bits per heavy atom. The molecule has 0 spiro atoms. The van der Waals surface area contributed by atoms with E-state index in [0.717, 1.165) is 5.39 Å². The van der Waals surface area contributed by atoms with Gasteiger partial charge in [0.1, 0.15) is 17.7 Å². The largest absolute Gasteiger partial charge is 0.459 e. The molecule has 0 amide bonds. The van der Waals surface area contributed by atoms with Crippen LogP contribution < -0.4 is 4.72 Å². The number of nitrogens with zero attached hydrogens (tertiary/aromatic N) is 4. The lowest BCUT2D eigenvalue weighted by Crippen LogP contribution is -2.26. The predicted octanol–water partition coefficient (Wildman–Crippen LogP) is 2.45. The van der Waals surface area contributed by atoms with Crippen LogP contribution in [0.15, 0.2) is 70.2 Å². The Morgan fingerprint density at radius 2 is 1.96 bits per heavy atom. The van der Waals surface area contributed by atoms with Crippen LogP contribution in [0.2, 0.25) is 0 Å². The number of para-hydroxylation sites is 1. The zero-order valence-corrected chi connectivity index (χ0v) is 14.6. The Labute approximate surface area is 149 Å². The molecule has 0 aliphatic rings. The van der Waals surface area contributed by atoms with Crippen molar-refractivity contribution >= 4 is 21.0 Å². The van der Waals surface area contributed by atoms with Crippen LogP contribution in [-0.4, -0.2) is 28.6 Å². The average Bonchev–Trinajstić information content (AvgIpc) is 3.31. The number of rotatable bonds is 5. The number of nitrogens with one attached hydrogen (secondary N) is 1. The van der Waals surface area contributed by atoms with Crippen LogP contribution in [0.5, 0.6) is 0 Å². The standard InChI is InChI=1S/C17H15N5O3S/c1-12(17-9-13-5-2-3-8-16(13)25-17)19-26(23,24)15-7-4-6-14(10-15)22-11-18-20-21-22/h2-12,19H,1H3. The normalized spacial score (nSPS) is 13.1. The van der Waals surface area contributed by atoms with Gasteiger partial charge in [0.05, 0.1) is 16.6 Å². The van der Waals surface area contributed by atoms with Crippen LogP contribution in [0.25, 0.3) is 16.7 Å². The molecule has 2 heterocycles. The third kappa shape index (κ3) is 3.09. The molecule has 0 aliphatic heterocycles. The average molecular weight is 369 g/mol. The number of benzene rings is 2. The summed E-state index contributed by atoms with van der Waals surface area (Å²) in [6, 6.07) is 15.2. The van der Waals surface area contributed by atoms with Gasteiger partial charge in [0.15, 0.2) is 0 Å². The Bertz CT molecular complexity index is 1120. The molecule has 2 aromatic carbocycles. The molecule has 4 aromatic rings. The van der Waals surface area contributed by atoms with E-state index >= 15 is 0 Å². The first-order valence-corrected chi connectivity index (χ1v) is 9.35. The molecule has 9 heteroatoms. The summed E-state index contributed by atoms with van der Waals surface area (Å²) in [5, 5.41) is 11.8. The third-order valence-electron chi connectivity index (χ3n) is 3.94. The number of sulfonamides is 1. The van der Waals surface area contributed by atoms with Crippen LogP contribution in [0, 0.1) is 0 Å². The van der Waals surface area contributed by atoms with Crippen LogP contribution in [0.4, 0.5) is 0 Å². The Hall–Kier alpha value is -3.04. The maximum absolute atomic E-state index is 12.7. The maximum atomic E-state index is 12.7. The van der Waals surface area contributed by atoms with E-state index in [2.05, 4.69) is 20.2 Å². The number of hydrogen-bond acceptors (Lipinski definition) is 6. The van der Waals surface area contributed by atoms with E-state index in [1.54, 1.807) is 19.1 Å². The molecule has 1 atom stereocenters. The molecule has 0 saturated heterocycles. The topological polar surface area (TPSA) is 103 Å². The monoisotopic (exact) mass is 369 g/mol. The minimum absolute atomic E-state index is 0.119. The highest BCUT2D eigenvalue weighted by Crippen LogP contribution is 2.25. The molecule has 2 aromatic heterocycles.